The molecule has 1 fully saturated rings. The molecule has 7 nitrogen and oxygen atoms in total. The summed E-state index contributed by atoms with van der Waals surface area (Å²) >= 11 is 0. The zero-order chi connectivity index (χ0) is 20.9. The smallest absolute Gasteiger partial charge is 0.273 e. The molecule has 2 aromatic heterocycles. The van der Waals surface area contributed by atoms with Crippen molar-refractivity contribution >= 4 is 16.7 Å². The van der Waals surface area contributed by atoms with E-state index >= 15 is 0 Å². The van der Waals surface area contributed by atoms with Gasteiger partial charge >= 0.3 is 0 Å². The Labute approximate surface area is 176 Å². The highest BCUT2D eigenvalue weighted by Gasteiger charge is 2.24. The Bertz CT molecular complexity index is 996. The van der Waals surface area contributed by atoms with Gasteiger partial charge in [-0.25, -0.2) is 0 Å². The van der Waals surface area contributed by atoms with Gasteiger partial charge in [-0.2, -0.15) is 0 Å². The molecule has 1 aliphatic rings. The first-order chi connectivity index (χ1) is 14.6. The molecule has 3 heterocycles. The number of carbonyl (C=O) groups excluding carboxylic acids is 1. The quantitative estimate of drug-likeness (QED) is 0.614. The van der Waals surface area contributed by atoms with Crippen molar-refractivity contribution in [1.29, 1.82) is 0 Å². The van der Waals surface area contributed by atoms with Crippen molar-refractivity contribution in [2.45, 2.75) is 26.9 Å². The predicted molar refractivity (Wildman–Crippen MR) is 114 cm³/mol. The first-order valence-electron chi connectivity index (χ1n) is 10.5. The third-order valence-electron chi connectivity index (χ3n) is 5.35. The zero-order valence-electron chi connectivity index (χ0n) is 17.5. The van der Waals surface area contributed by atoms with Crippen molar-refractivity contribution in [1.82, 2.24) is 20.4 Å². The molecular formula is C23H28N4O3. The van der Waals surface area contributed by atoms with E-state index in [2.05, 4.69) is 34.2 Å². The number of nitrogens with one attached hydrogen (secondary N) is 1. The van der Waals surface area contributed by atoms with Gasteiger partial charge in [0.1, 0.15) is 12.4 Å². The van der Waals surface area contributed by atoms with Crippen LogP contribution in [0.15, 0.2) is 47.2 Å². The fourth-order valence-corrected chi connectivity index (χ4v) is 3.94. The molecule has 158 valence electrons. The maximum Gasteiger partial charge on any atom is 0.273 e. The minimum Gasteiger partial charge on any atom is -0.485 e. The van der Waals surface area contributed by atoms with Crippen LogP contribution >= 0.6 is 0 Å². The number of amides is 1. The molecule has 0 spiro atoms. The number of pyridine rings is 1. The number of nitrogens with zero attached hydrogens (tertiary/aromatic N) is 3. The molecule has 3 aromatic rings. The van der Waals surface area contributed by atoms with Crippen molar-refractivity contribution in [2.24, 2.45) is 11.8 Å². The minimum absolute atomic E-state index is 0.203. The maximum atomic E-state index is 12.4. The summed E-state index contributed by atoms with van der Waals surface area (Å²) in [7, 11) is 0. The topological polar surface area (TPSA) is 80.5 Å². The molecule has 4 rings (SSSR count). The molecule has 7 heteroatoms. The molecule has 0 radical (unpaired) electrons. The standard InChI is InChI=1S/C23H28N4O3/c1-16(2)13-27-9-7-17(14-27)11-25-23(28)21-10-19(30-26-21)15-29-22-5-3-4-18-12-24-8-6-20(18)22/h3-6,8,10,12,16-17H,7,9,11,13-15H2,1-2H3,(H,25,28). The van der Waals surface area contributed by atoms with Crippen LogP contribution in [0.25, 0.3) is 10.8 Å². The first kappa shape index (κ1) is 20.3. The van der Waals surface area contributed by atoms with Crippen LogP contribution in [0.2, 0.25) is 0 Å². The Morgan fingerprint density at radius 2 is 2.27 bits per heavy atom. The lowest BCUT2D eigenvalue weighted by atomic mass is 10.1. The van der Waals surface area contributed by atoms with E-state index in [4.69, 9.17) is 9.26 Å². The molecule has 1 aromatic carbocycles. The number of likely N-dealkylation sites (tertiary alicyclic amines) is 1. The average Bonchev–Trinajstić information content (AvgIpc) is 3.39. The molecular weight excluding hydrogens is 380 g/mol. The van der Waals surface area contributed by atoms with Crippen LogP contribution in [0.4, 0.5) is 0 Å². The third kappa shape index (κ3) is 4.97. The number of carbonyl (C=O) groups is 1. The van der Waals surface area contributed by atoms with E-state index < -0.39 is 0 Å². The molecule has 1 atom stereocenters. The summed E-state index contributed by atoms with van der Waals surface area (Å²) in [6.45, 7) is 8.59. The number of rotatable bonds is 8. The lowest BCUT2D eigenvalue weighted by Gasteiger charge is -2.18. The Morgan fingerprint density at radius 1 is 1.37 bits per heavy atom. The van der Waals surface area contributed by atoms with Gasteiger partial charge in [0.25, 0.3) is 5.91 Å². The second-order valence-corrected chi connectivity index (χ2v) is 8.34. The molecule has 0 aliphatic carbocycles. The molecule has 1 amide bonds. The van der Waals surface area contributed by atoms with Crippen LogP contribution in [-0.4, -0.2) is 47.1 Å². The van der Waals surface area contributed by atoms with Crippen molar-refractivity contribution in [3.63, 3.8) is 0 Å². The predicted octanol–water partition coefficient (Wildman–Crippen LogP) is 3.51. The Hall–Kier alpha value is -2.93. The van der Waals surface area contributed by atoms with Crippen molar-refractivity contribution in [2.75, 3.05) is 26.2 Å². The molecule has 1 saturated heterocycles. The van der Waals surface area contributed by atoms with Gasteiger partial charge in [0.05, 0.1) is 0 Å². The molecule has 1 aliphatic heterocycles. The van der Waals surface area contributed by atoms with Gasteiger partial charge in [0.2, 0.25) is 0 Å². The van der Waals surface area contributed by atoms with E-state index in [-0.39, 0.29) is 18.2 Å². The number of ether oxygens (including phenoxy) is 1. The number of fused-ring (bicyclic) bond motifs is 1. The van der Waals surface area contributed by atoms with Gasteiger partial charge in [-0.3, -0.25) is 9.78 Å². The van der Waals surface area contributed by atoms with E-state index in [1.807, 2.05) is 24.3 Å². The monoisotopic (exact) mass is 408 g/mol. The molecule has 1 N–H and O–H groups in total. The summed E-state index contributed by atoms with van der Waals surface area (Å²) in [5, 5.41) is 8.88. The van der Waals surface area contributed by atoms with Gasteiger partial charge in [-0.1, -0.05) is 31.1 Å². The highest BCUT2D eigenvalue weighted by atomic mass is 16.5. The van der Waals surface area contributed by atoms with Crippen LogP contribution in [-0.2, 0) is 6.61 Å². The number of hydrogen-bond donors (Lipinski definition) is 1. The molecule has 0 bridgehead atoms. The summed E-state index contributed by atoms with van der Waals surface area (Å²) in [6.07, 6.45) is 4.65. The number of aromatic nitrogens is 2. The number of hydrogen-bond acceptors (Lipinski definition) is 6. The zero-order valence-corrected chi connectivity index (χ0v) is 17.5. The van der Waals surface area contributed by atoms with Gasteiger partial charge in [0, 0.05) is 48.9 Å². The van der Waals surface area contributed by atoms with Crippen LogP contribution < -0.4 is 10.1 Å². The summed E-state index contributed by atoms with van der Waals surface area (Å²) in [5.41, 5.74) is 0.285. The lowest BCUT2D eigenvalue weighted by Crippen LogP contribution is -2.32. The van der Waals surface area contributed by atoms with E-state index in [9.17, 15) is 4.79 Å². The van der Waals surface area contributed by atoms with E-state index in [0.717, 1.165) is 42.6 Å². The van der Waals surface area contributed by atoms with Gasteiger partial charge in [-0.05, 0) is 36.9 Å². The van der Waals surface area contributed by atoms with Crippen molar-refractivity contribution in [3.05, 3.63) is 54.2 Å². The second-order valence-electron chi connectivity index (χ2n) is 8.34. The van der Waals surface area contributed by atoms with E-state index in [1.165, 1.54) is 0 Å². The van der Waals surface area contributed by atoms with Crippen molar-refractivity contribution < 1.29 is 14.1 Å². The van der Waals surface area contributed by atoms with Crippen LogP contribution in [0.3, 0.4) is 0 Å². The largest absolute Gasteiger partial charge is 0.485 e. The molecule has 30 heavy (non-hydrogen) atoms. The summed E-state index contributed by atoms with van der Waals surface area (Å²) in [5.74, 6) is 2.20. The average molecular weight is 409 g/mol. The van der Waals surface area contributed by atoms with Crippen molar-refractivity contribution in [3.8, 4) is 5.75 Å². The molecule has 0 saturated carbocycles. The highest BCUT2D eigenvalue weighted by molar-refractivity contribution is 5.92. The van der Waals surface area contributed by atoms with Crippen LogP contribution in [0, 0.1) is 11.8 Å². The van der Waals surface area contributed by atoms with Crippen LogP contribution in [0.5, 0.6) is 5.75 Å². The SMILES string of the molecule is CC(C)CN1CCC(CNC(=O)c2cc(COc3cccc4cnccc34)on2)C1. The molecule has 1 unspecified atom stereocenters. The Kier molecular flexibility index (Phi) is 6.28. The fourth-order valence-electron chi connectivity index (χ4n) is 3.94. The second kappa shape index (κ2) is 9.26. The minimum atomic E-state index is -0.205. The summed E-state index contributed by atoms with van der Waals surface area (Å²) < 4.78 is 11.2. The van der Waals surface area contributed by atoms with Gasteiger partial charge in [-0.15, -0.1) is 0 Å². The lowest BCUT2D eigenvalue weighted by molar-refractivity contribution is 0.0938. The fraction of sp³-hybridized carbons (Fsp3) is 0.435. The normalized spacial score (nSPS) is 17.0. The van der Waals surface area contributed by atoms with Crippen LogP contribution in [0.1, 0.15) is 36.5 Å². The third-order valence-corrected chi connectivity index (χ3v) is 5.35. The highest BCUT2D eigenvalue weighted by Crippen LogP contribution is 2.25. The summed E-state index contributed by atoms with van der Waals surface area (Å²) in [4.78, 5) is 19.0. The first-order valence-corrected chi connectivity index (χ1v) is 10.5. The van der Waals surface area contributed by atoms with Gasteiger partial charge < -0.3 is 19.5 Å². The Balaban J connectivity index is 1.28. The number of benzene rings is 1. The summed E-state index contributed by atoms with van der Waals surface area (Å²) in [6, 6.07) is 9.36. The van der Waals surface area contributed by atoms with Gasteiger partial charge in [0.15, 0.2) is 11.5 Å². The van der Waals surface area contributed by atoms with E-state index in [0.29, 0.717) is 24.1 Å². The maximum absolute atomic E-state index is 12.4. The van der Waals surface area contributed by atoms with E-state index in [1.54, 1.807) is 18.5 Å². The Morgan fingerprint density at radius 3 is 3.13 bits per heavy atom.